The summed E-state index contributed by atoms with van der Waals surface area (Å²) in [7, 11) is 0. The third-order valence-electron chi connectivity index (χ3n) is 1.66. The molecule has 0 aromatic rings. The summed E-state index contributed by atoms with van der Waals surface area (Å²) in [6.45, 7) is 17.8. The Morgan fingerprint density at radius 2 is 1.33 bits per heavy atom. The van der Waals surface area contributed by atoms with Crippen molar-refractivity contribution in [1.29, 1.82) is 0 Å². The summed E-state index contributed by atoms with van der Waals surface area (Å²) in [6.07, 6.45) is 4.07. The molecule has 4 heteroatoms. The van der Waals surface area contributed by atoms with Crippen LogP contribution in [0.3, 0.4) is 0 Å². The topological polar surface area (TPSA) is 47.9 Å². The fourth-order valence-corrected chi connectivity index (χ4v) is 1.50. The molecule has 4 nitrogen and oxygen atoms in total. The van der Waals surface area contributed by atoms with E-state index < -0.39 is 5.60 Å². The van der Waals surface area contributed by atoms with Gasteiger partial charge < -0.3 is 0 Å². The fourth-order valence-electron chi connectivity index (χ4n) is 1.50. The number of hydrogen-bond acceptors (Lipinski definition) is 4. The molecule has 0 radical (unpaired) electrons. The smallest absolute Gasteiger partial charge is 0.100 e. The molecule has 18 heavy (non-hydrogen) atoms. The monoisotopic (exact) mass is 260 g/mol. The summed E-state index contributed by atoms with van der Waals surface area (Å²) in [6, 6.07) is 0. The summed E-state index contributed by atoms with van der Waals surface area (Å²) < 4.78 is 0. The third kappa shape index (κ3) is 17.7. The highest BCUT2D eigenvalue weighted by Crippen LogP contribution is 2.28. The van der Waals surface area contributed by atoms with Crippen LogP contribution in [0.1, 0.15) is 41.0 Å². The van der Waals surface area contributed by atoms with E-state index in [1.54, 1.807) is 12.2 Å². The molecule has 0 bridgehead atoms. The highest BCUT2D eigenvalue weighted by atomic mass is 17.2. The van der Waals surface area contributed by atoms with E-state index in [9.17, 15) is 0 Å². The van der Waals surface area contributed by atoms with Crippen LogP contribution in [0.15, 0.2) is 25.3 Å². The minimum Gasteiger partial charge on any atom is -0.251 e. The molecular weight excluding hydrogens is 232 g/mol. The van der Waals surface area contributed by atoms with Gasteiger partial charge in [0.2, 0.25) is 0 Å². The van der Waals surface area contributed by atoms with Crippen LogP contribution in [-0.2, 0) is 14.7 Å². The molecule has 0 rings (SSSR count). The number of rotatable bonds is 7. The molecule has 0 heterocycles. The second-order valence-electron chi connectivity index (χ2n) is 5.73. The molecule has 0 amide bonds. The lowest BCUT2D eigenvalue weighted by Crippen LogP contribution is -2.28. The molecule has 0 atom stereocenters. The third-order valence-corrected chi connectivity index (χ3v) is 1.66. The van der Waals surface area contributed by atoms with Crippen molar-refractivity contribution in [2.45, 2.75) is 46.6 Å². The van der Waals surface area contributed by atoms with Crippen molar-refractivity contribution in [2.75, 3.05) is 13.2 Å². The quantitative estimate of drug-likeness (QED) is 0.325. The average Bonchev–Trinajstić information content (AvgIpc) is 2.22. The van der Waals surface area contributed by atoms with Crippen molar-refractivity contribution in [3.8, 4) is 0 Å². The van der Waals surface area contributed by atoms with Crippen LogP contribution in [0.4, 0.5) is 0 Å². The van der Waals surface area contributed by atoms with Gasteiger partial charge in [0.15, 0.2) is 0 Å². The minimum absolute atomic E-state index is 0.201. The molecule has 0 aromatic carbocycles. The normalized spacial score (nSPS) is 11.4. The van der Waals surface area contributed by atoms with Crippen LogP contribution < -0.4 is 0 Å². The first kappa shape index (κ1) is 19.7. The van der Waals surface area contributed by atoms with E-state index in [4.69, 9.17) is 5.26 Å². The Balaban J connectivity index is 0. The second kappa shape index (κ2) is 10.3. The van der Waals surface area contributed by atoms with E-state index in [-0.39, 0.29) is 5.41 Å². The average molecular weight is 260 g/mol. The first-order valence-corrected chi connectivity index (χ1v) is 5.97. The highest BCUT2D eigenvalue weighted by molar-refractivity contribution is 4.75. The molecule has 108 valence electrons. The molecule has 0 saturated heterocycles. The predicted octanol–water partition coefficient (Wildman–Crippen LogP) is 4.00. The lowest BCUT2D eigenvalue weighted by molar-refractivity contribution is -0.318. The maximum Gasteiger partial charge on any atom is 0.100 e. The van der Waals surface area contributed by atoms with E-state index in [2.05, 4.69) is 48.6 Å². The molecule has 0 aromatic heterocycles. The standard InChI is InChI=1S/C8H18O2.C6H10O2/c1-7(2,3)6-8(4,5)10-9;1-3-5-7-8-6-4-2/h9H,6H2,1-5H3;3-4H,1-2,5-6H2. The predicted molar refractivity (Wildman–Crippen MR) is 74.2 cm³/mol. The maximum absolute atomic E-state index is 8.46. The first-order chi connectivity index (χ1) is 8.18. The Labute approximate surface area is 111 Å². The van der Waals surface area contributed by atoms with Gasteiger partial charge in [-0.1, -0.05) is 32.9 Å². The molecule has 0 fully saturated rings. The van der Waals surface area contributed by atoms with Crippen LogP contribution in [0.25, 0.3) is 0 Å². The largest absolute Gasteiger partial charge is 0.251 e. The van der Waals surface area contributed by atoms with Crippen molar-refractivity contribution in [3.63, 3.8) is 0 Å². The molecule has 0 unspecified atom stereocenters. The van der Waals surface area contributed by atoms with Crippen molar-refractivity contribution < 1.29 is 19.9 Å². The van der Waals surface area contributed by atoms with Crippen molar-refractivity contribution in [3.05, 3.63) is 25.3 Å². The molecule has 0 spiro atoms. The zero-order chi connectivity index (χ0) is 14.7. The van der Waals surface area contributed by atoms with E-state index in [0.29, 0.717) is 13.2 Å². The van der Waals surface area contributed by atoms with Gasteiger partial charge in [-0.2, -0.15) is 0 Å². The molecular formula is C14H28O4. The summed E-state index contributed by atoms with van der Waals surface area (Å²) in [4.78, 5) is 13.4. The molecule has 0 saturated carbocycles. The van der Waals surface area contributed by atoms with Gasteiger partial charge in [0.1, 0.15) is 13.2 Å². The van der Waals surface area contributed by atoms with E-state index in [1.165, 1.54) is 0 Å². The van der Waals surface area contributed by atoms with E-state index in [0.717, 1.165) is 6.42 Å². The molecule has 0 aliphatic rings. The Morgan fingerprint density at radius 1 is 0.944 bits per heavy atom. The SMILES string of the molecule is C=CCOOCC=C.CC(C)(C)CC(C)(C)OO. The van der Waals surface area contributed by atoms with Crippen molar-refractivity contribution in [2.24, 2.45) is 5.41 Å². The van der Waals surface area contributed by atoms with Gasteiger partial charge in [-0.25, -0.2) is 14.7 Å². The zero-order valence-electron chi connectivity index (χ0n) is 12.4. The Bertz CT molecular complexity index is 206. The van der Waals surface area contributed by atoms with Crippen molar-refractivity contribution >= 4 is 0 Å². The van der Waals surface area contributed by atoms with Gasteiger partial charge in [-0.15, -0.1) is 13.2 Å². The van der Waals surface area contributed by atoms with Crippen LogP contribution in [0, 0.1) is 5.41 Å². The minimum atomic E-state index is -0.418. The van der Waals surface area contributed by atoms with Gasteiger partial charge in [0.05, 0.1) is 5.60 Å². The van der Waals surface area contributed by atoms with E-state index in [1.807, 2.05) is 13.8 Å². The van der Waals surface area contributed by atoms with Gasteiger partial charge in [-0.3, -0.25) is 5.26 Å². The molecule has 0 aliphatic heterocycles. The van der Waals surface area contributed by atoms with Crippen LogP contribution in [0.5, 0.6) is 0 Å². The highest BCUT2D eigenvalue weighted by Gasteiger charge is 2.26. The van der Waals surface area contributed by atoms with Gasteiger partial charge in [0, 0.05) is 0 Å². The van der Waals surface area contributed by atoms with Crippen LogP contribution >= 0.6 is 0 Å². The molecule has 1 N–H and O–H groups in total. The van der Waals surface area contributed by atoms with Gasteiger partial charge in [0.25, 0.3) is 0 Å². The van der Waals surface area contributed by atoms with Gasteiger partial charge >= 0.3 is 0 Å². The van der Waals surface area contributed by atoms with Gasteiger partial charge in [-0.05, 0) is 25.7 Å². The lowest BCUT2D eigenvalue weighted by Gasteiger charge is -2.29. The maximum atomic E-state index is 8.46. The summed E-state index contributed by atoms with van der Waals surface area (Å²) in [5.74, 6) is 0. The zero-order valence-corrected chi connectivity index (χ0v) is 12.4. The fraction of sp³-hybridized carbons (Fsp3) is 0.714. The Morgan fingerprint density at radius 3 is 1.50 bits per heavy atom. The molecule has 0 aliphatic carbocycles. The summed E-state index contributed by atoms with van der Waals surface area (Å²) in [5, 5.41) is 8.46. The van der Waals surface area contributed by atoms with E-state index >= 15 is 0 Å². The van der Waals surface area contributed by atoms with Crippen LogP contribution in [-0.4, -0.2) is 24.1 Å². The first-order valence-electron chi connectivity index (χ1n) is 5.97. The second-order valence-corrected chi connectivity index (χ2v) is 5.73. The Hall–Kier alpha value is -0.680. The van der Waals surface area contributed by atoms with Crippen LogP contribution in [0.2, 0.25) is 0 Å². The number of hydrogen-bond donors (Lipinski definition) is 1. The Kier molecular flexibility index (Phi) is 11.2. The lowest BCUT2D eigenvalue weighted by atomic mass is 9.84. The summed E-state index contributed by atoms with van der Waals surface area (Å²) in [5.41, 5.74) is -0.218. The summed E-state index contributed by atoms with van der Waals surface area (Å²) >= 11 is 0. The van der Waals surface area contributed by atoms with Crippen molar-refractivity contribution in [1.82, 2.24) is 0 Å².